The van der Waals surface area contributed by atoms with Gasteiger partial charge in [0.1, 0.15) is 5.69 Å². The third-order valence-corrected chi connectivity index (χ3v) is 7.11. The third kappa shape index (κ3) is 3.37. The molecule has 1 amide bonds. The number of benzene rings is 1. The summed E-state index contributed by atoms with van der Waals surface area (Å²) in [5.74, 6) is 0.373. The highest BCUT2D eigenvalue weighted by molar-refractivity contribution is 9.10. The van der Waals surface area contributed by atoms with Crippen LogP contribution in [0.2, 0.25) is 0 Å². The van der Waals surface area contributed by atoms with Gasteiger partial charge in [-0.2, -0.15) is 13.2 Å². The Morgan fingerprint density at radius 3 is 2.88 bits per heavy atom. The summed E-state index contributed by atoms with van der Waals surface area (Å²) in [7, 11) is 0. The van der Waals surface area contributed by atoms with Gasteiger partial charge in [0.15, 0.2) is 5.76 Å². The first-order chi connectivity index (χ1) is 12.3. The van der Waals surface area contributed by atoms with Crippen molar-refractivity contribution in [1.29, 1.82) is 0 Å². The number of carbonyl (C=O) groups excluding carboxylic acids is 1. The van der Waals surface area contributed by atoms with Crippen LogP contribution in [0, 0.1) is 0 Å². The average molecular weight is 463 g/mol. The smallest absolute Gasteiger partial charge is 0.359 e. The van der Waals surface area contributed by atoms with Gasteiger partial charge in [0.25, 0.3) is 0 Å². The van der Waals surface area contributed by atoms with Gasteiger partial charge in [0.2, 0.25) is 5.91 Å². The van der Waals surface area contributed by atoms with Crippen LogP contribution < -0.4 is 5.32 Å². The zero-order valence-electron chi connectivity index (χ0n) is 12.9. The molecule has 1 aliphatic heterocycles. The van der Waals surface area contributed by atoms with Crippen molar-refractivity contribution in [3.63, 3.8) is 0 Å². The fourth-order valence-electron chi connectivity index (χ4n) is 2.84. The molecule has 2 aromatic heterocycles. The predicted molar refractivity (Wildman–Crippen MR) is 97.1 cm³/mol. The van der Waals surface area contributed by atoms with E-state index in [1.54, 1.807) is 24.3 Å². The number of thioether (sulfide) groups is 1. The van der Waals surface area contributed by atoms with Crippen molar-refractivity contribution in [3.8, 4) is 10.6 Å². The van der Waals surface area contributed by atoms with E-state index in [0.717, 1.165) is 4.47 Å². The molecule has 0 spiro atoms. The summed E-state index contributed by atoms with van der Waals surface area (Å²) in [6.45, 7) is 0. The Balaban J connectivity index is 1.81. The van der Waals surface area contributed by atoms with Crippen LogP contribution in [0.4, 0.5) is 13.2 Å². The van der Waals surface area contributed by atoms with E-state index in [9.17, 15) is 18.0 Å². The molecule has 10 heteroatoms. The van der Waals surface area contributed by atoms with Gasteiger partial charge in [-0.3, -0.25) is 4.79 Å². The molecule has 3 heterocycles. The minimum absolute atomic E-state index is 0.0768. The fraction of sp³-hybridized carbons (Fsp3) is 0.250. The highest BCUT2D eigenvalue weighted by Crippen LogP contribution is 2.51. The number of carbonyl (C=O) groups is 1. The largest absolute Gasteiger partial charge is 0.446 e. The monoisotopic (exact) mass is 462 g/mol. The number of hydrogen-bond donors (Lipinski definition) is 1. The molecular formula is C16H10BrF3N2O2S2. The standard InChI is InChI=1S/C16H10BrF3N2O2S2/c17-8-3-1-2-7-13(8)25-15(14(7)26-16(18,19)20)10-6-11(24-22-10)9-4-5-12(23)21-9/h1-3,6,9H,4-5H2,(H,21,23)/t9-/m1/s1. The van der Waals surface area contributed by atoms with Crippen molar-refractivity contribution < 1.29 is 22.5 Å². The van der Waals surface area contributed by atoms with Crippen LogP contribution in [0.15, 0.2) is 38.2 Å². The number of nitrogens with one attached hydrogen (secondary N) is 1. The molecule has 0 radical (unpaired) electrons. The van der Waals surface area contributed by atoms with Gasteiger partial charge in [-0.15, -0.1) is 11.3 Å². The van der Waals surface area contributed by atoms with E-state index in [1.165, 1.54) is 11.3 Å². The van der Waals surface area contributed by atoms with Crippen LogP contribution in [0.1, 0.15) is 24.6 Å². The van der Waals surface area contributed by atoms with Gasteiger partial charge in [-0.25, -0.2) is 0 Å². The Kier molecular flexibility index (Phi) is 4.52. The minimum atomic E-state index is -4.42. The van der Waals surface area contributed by atoms with Crippen molar-refractivity contribution in [1.82, 2.24) is 10.5 Å². The lowest BCUT2D eigenvalue weighted by Crippen LogP contribution is -2.17. The summed E-state index contributed by atoms with van der Waals surface area (Å²) in [5.41, 5.74) is -4.09. The van der Waals surface area contributed by atoms with E-state index >= 15 is 0 Å². The molecule has 1 atom stereocenters. The Hall–Kier alpha value is -1.52. The number of amides is 1. The van der Waals surface area contributed by atoms with E-state index in [0.29, 0.717) is 39.3 Å². The van der Waals surface area contributed by atoms with Crippen molar-refractivity contribution in [2.24, 2.45) is 0 Å². The Bertz CT molecular complexity index is 999. The number of halogens is 4. The second-order valence-electron chi connectivity index (χ2n) is 5.70. The second-order valence-corrected chi connectivity index (χ2v) is 8.65. The van der Waals surface area contributed by atoms with E-state index in [-0.39, 0.29) is 28.6 Å². The maximum atomic E-state index is 13.1. The molecule has 26 heavy (non-hydrogen) atoms. The van der Waals surface area contributed by atoms with Crippen molar-refractivity contribution >= 4 is 55.0 Å². The summed E-state index contributed by atoms with van der Waals surface area (Å²) in [6.07, 6.45) is 0.974. The predicted octanol–water partition coefficient (Wildman–Crippen LogP) is 5.88. The molecule has 4 rings (SSSR count). The van der Waals surface area contributed by atoms with Crippen LogP contribution in [0.25, 0.3) is 20.7 Å². The maximum Gasteiger partial charge on any atom is 0.446 e. The summed E-state index contributed by atoms with van der Waals surface area (Å²) < 4.78 is 46.0. The van der Waals surface area contributed by atoms with Crippen LogP contribution in [-0.2, 0) is 4.79 Å². The quantitative estimate of drug-likeness (QED) is 0.493. The normalized spacial score (nSPS) is 17.8. The molecule has 1 aromatic carbocycles. The molecule has 1 N–H and O–H groups in total. The van der Waals surface area contributed by atoms with Crippen LogP contribution in [-0.4, -0.2) is 16.6 Å². The Morgan fingerprint density at radius 1 is 1.38 bits per heavy atom. The number of aromatic nitrogens is 1. The van der Waals surface area contributed by atoms with E-state index in [4.69, 9.17) is 4.52 Å². The first-order valence-electron chi connectivity index (χ1n) is 7.55. The Labute approximate surface area is 162 Å². The van der Waals surface area contributed by atoms with E-state index < -0.39 is 5.51 Å². The molecule has 1 fully saturated rings. The van der Waals surface area contributed by atoms with Crippen LogP contribution in [0.3, 0.4) is 0 Å². The number of alkyl halides is 3. The van der Waals surface area contributed by atoms with Gasteiger partial charge in [0, 0.05) is 27.2 Å². The summed E-state index contributed by atoms with van der Waals surface area (Å²) >= 11 is 4.46. The zero-order valence-corrected chi connectivity index (χ0v) is 16.1. The number of rotatable bonds is 3. The van der Waals surface area contributed by atoms with Gasteiger partial charge < -0.3 is 9.84 Å². The molecule has 1 saturated heterocycles. The molecular weight excluding hydrogens is 453 g/mol. The minimum Gasteiger partial charge on any atom is -0.359 e. The second kappa shape index (κ2) is 6.58. The average Bonchev–Trinajstić information content (AvgIpc) is 3.25. The van der Waals surface area contributed by atoms with Gasteiger partial charge >= 0.3 is 5.51 Å². The summed E-state index contributed by atoms with van der Waals surface area (Å²) in [6, 6.07) is 6.46. The SMILES string of the molecule is O=C1CC[C@H](c2cc(-c3sc4c(Br)cccc4c3SC(F)(F)F)no2)N1. The number of nitrogens with zero attached hydrogens (tertiary/aromatic N) is 1. The van der Waals surface area contributed by atoms with Crippen LogP contribution >= 0.6 is 39.0 Å². The maximum absolute atomic E-state index is 13.1. The fourth-order valence-corrected chi connectivity index (χ4v) is 5.52. The molecule has 0 unspecified atom stereocenters. The molecule has 136 valence electrons. The number of fused-ring (bicyclic) bond motifs is 1. The lowest BCUT2D eigenvalue weighted by molar-refractivity contribution is -0.119. The summed E-state index contributed by atoms with van der Waals surface area (Å²) in [4.78, 5) is 11.9. The van der Waals surface area contributed by atoms with Gasteiger partial charge in [0.05, 0.1) is 15.6 Å². The number of hydrogen-bond acceptors (Lipinski definition) is 5. The Morgan fingerprint density at radius 2 is 2.19 bits per heavy atom. The lowest BCUT2D eigenvalue weighted by atomic mass is 10.1. The molecule has 3 aromatic rings. The topological polar surface area (TPSA) is 55.1 Å². The third-order valence-electron chi connectivity index (χ3n) is 3.94. The van der Waals surface area contributed by atoms with E-state index in [1.807, 2.05) is 0 Å². The van der Waals surface area contributed by atoms with E-state index in [2.05, 4.69) is 26.4 Å². The molecule has 1 aliphatic rings. The lowest BCUT2D eigenvalue weighted by Gasteiger charge is -2.06. The first kappa shape index (κ1) is 17.9. The molecule has 4 nitrogen and oxygen atoms in total. The van der Waals surface area contributed by atoms with Gasteiger partial charge in [-0.1, -0.05) is 17.3 Å². The number of thiophene rings is 1. The van der Waals surface area contributed by atoms with Crippen molar-refractivity contribution in [2.75, 3.05) is 0 Å². The highest BCUT2D eigenvalue weighted by atomic mass is 79.9. The van der Waals surface area contributed by atoms with Crippen molar-refractivity contribution in [2.45, 2.75) is 29.3 Å². The first-order valence-corrected chi connectivity index (χ1v) is 9.97. The zero-order chi connectivity index (χ0) is 18.5. The molecule has 0 saturated carbocycles. The van der Waals surface area contributed by atoms with Crippen LogP contribution in [0.5, 0.6) is 0 Å². The highest BCUT2D eigenvalue weighted by Gasteiger charge is 2.34. The molecule has 0 bridgehead atoms. The van der Waals surface area contributed by atoms with Gasteiger partial charge in [-0.05, 0) is 40.2 Å². The summed E-state index contributed by atoms with van der Waals surface area (Å²) in [5, 5.41) is 7.24. The van der Waals surface area contributed by atoms with Crippen molar-refractivity contribution in [3.05, 3.63) is 34.5 Å². The molecule has 0 aliphatic carbocycles.